The Hall–Kier alpha value is -3.14. The van der Waals surface area contributed by atoms with Gasteiger partial charge < -0.3 is 0 Å². The van der Waals surface area contributed by atoms with Crippen molar-refractivity contribution in [2.75, 3.05) is 11.5 Å². The van der Waals surface area contributed by atoms with Crippen LogP contribution >= 0.6 is 0 Å². The standard InChI is InChI=1S/C36H37N2O5SeSi/c1-34(2,3)45(25-17-8-6-9-18-25,26-19-10-7-11-20-26)40-23-29-36(30-31(41-29)43-35(4,5)42-30)32(39)38(33(44)37-36)28-22-14-16-24-15-12-13-21-27(24)28/h6-22,29-31H,23H2,1-5H3/t29-,30-,31+,36+/m1/s1. The van der Waals surface area contributed by atoms with Crippen molar-refractivity contribution < 1.29 is 23.4 Å². The van der Waals surface area contributed by atoms with Gasteiger partial charge in [0.25, 0.3) is 0 Å². The van der Waals surface area contributed by atoms with Crippen LogP contribution in [0, 0.1) is 0 Å². The Kier molecular flexibility index (Phi) is 7.45. The van der Waals surface area contributed by atoms with E-state index in [1.165, 1.54) is 0 Å². The summed E-state index contributed by atoms with van der Waals surface area (Å²) in [5, 5.41) is 4.02. The molecule has 4 aromatic carbocycles. The molecule has 0 unspecified atom stereocenters. The van der Waals surface area contributed by atoms with Crippen molar-refractivity contribution in [3.8, 4) is 0 Å². The number of carbonyl (C=O) groups excluding carboxylic acids is 1. The molecule has 1 amide bonds. The predicted octanol–water partition coefficient (Wildman–Crippen LogP) is 4.90. The van der Waals surface area contributed by atoms with Crippen molar-refractivity contribution in [2.45, 2.75) is 69.5 Å². The maximum atomic E-state index is 14.9. The summed E-state index contributed by atoms with van der Waals surface area (Å²) in [5.41, 5.74) is -0.665. The fourth-order valence-electron chi connectivity index (χ4n) is 7.24. The number of anilines is 1. The molecule has 3 heterocycles. The molecule has 231 valence electrons. The first-order chi connectivity index (χ1) is 21.5. The molecule has 0 N–H and O–H groups in total. The van der Waals surface area contributed by atoms with Gasteiger partial charge in [0.2, 0.25) is 0 Å². The molecule has 2 saturated heterocycles. The first-order valence-corrected chi connectivity index (χ1v) is 18.1. The van der Waals surface area contributed by atoms with Gasteiger partial charge in [-0.15, -0.1) is 0 Å². The van der Waals surface area contributed by atoms with Crippen LogP contribution < -0.4 is 15.3 Å². The van der Waals surface area contributed by atoms with Crippen LogP contribution in [0.5, 0.6) is 0 Å². The van der Waals surface area contributed by atoms with Crippen LogP contribution in [0.25, 0.3) is 10.8 Å². The first kappa shape index (κ1) is 30.5. The van der Waals surface area contributed by atoms with Gasteiger partial charge in [-0.3, -0.25) is 0 Å². The molecule has 0 saturated carbocycles. The molecule has 0 bridgehead atoms. The molecule has 0 aliphatic carbocycles. The van der Waals surface area contributed by atoms with E-state index >= 15 is 0 Å². The van der Waals surface area contributed by atoms with Crippen LogP contribution in [0.4, 0.5) is 5.69 Å². The van der Waals surface area contributed by atoms with Gasteiger partial charge in [-0.1, -0.05) is 0 Å². The average Bonchev–Trinajstić information content (AvgIpc) is 3.58. The van der Waals surface area contributed by atoms with Gasteiger partial charge in [0.1, 0.15) is 0 Å². The zero-order chi connectivity index (χ0) is 31.6. The second kappa shape index (κ2) is 11.0. The van der Waals surface area contributed by atoms with Crippen molar-refractivity contribution in [3.05, 3.63) is 103 Å². The second-order valence-corrected chi connectivity index (χ2v) is 18.5. The summed E-state index contributed by atoms with van der Waals surface area (Å²) in [5.74, 6) is -1.16. The molecule has 3 aliphatic rings. The zero-order valence-electron chi connectivity index (χ0n) is 26.1. The normalized spacial score (nSPS) is 26.1. The molecule has 0 aromatic heterocycles. The Balaban J connectivity index is 1.33. The number of fused-ring (bicyclic) bond motifs is 3. The van der Waals surface area contributed by atoms with Gasteiger partial charge >= 0.3 is 274 Å². The molecule has 3 aliphatic heterocycles. The molecule has 4 atom stereocenters. The third-order valence-corrected chi connectivity index (χ3v) is 14.8. The number of amidine groups is 1. The zero-order valence-corrected chi connectivity index (χ0v) is 28.8. The number of hydrogen-bond donors (Lipinski definition) is 0. The Labute approximate surface area is 273 Å². The molecule has 7 rings (SSSR count). The van der Waals surface area contributed by atoms with E-state index in [1.54, 1.807) is 4.90 Å². The number of benzene rings is 4. The van der Waals surface area contributed by atoms with Crippen LogP contribution in [-0.2, 0) is 23.4 Å². The Morgan fingerprint density at radius 2 is 1.47 bits per heavy atom. The van der Waals surface area contributed by atoms with E-state index < -0.39 is 38.1 Å². The quantitative estimate of drug-likeness (QED) is 0.271. The summed E-state index contributed by atoms with van der Waals surface area (Å²) in [7, 11) is -2.95. The topological polar surface area (TPSA) is 69.6 Å². The van der Waals surface area contributed by atoms with E-state index in [0.717, 1.165) is 26.8 Å². The number of amides is 1. The summed E-state index contributed by atoms with van der Waals surface area (Å²) in [6, 6.07) is 34.9. The third kappa shape index (κ3) is 4.76. The number of nitrogens with zero attached hydrogens (tertiary/aromatic N) is 2. The van der Waals surface area contributed by atoms with Crippen LogP contribution in [-0.4, -0.2) is 71.4 Å². The Bertz CT molecular complexity index is 1730. The van der Waals surface area contributed by atoms with Crippen molar-refractivity contribution in [2.24, 2.45) is 4.99 Å². The molecular weight excluding hydrogens is 647 g/mol. The van der Waals surface area contributed by atoms with Crippen LogP contribution in [0.15, 0.2) is 108 Å². The summed E-state index contributed by atoms with van der Waals surface area (Å²) in [4.78, 5) is 21.7. The summed E-state index contributed by atoms with van der Waals surface area (Å²) in [6.45, 7) is 10.5. The minimum atomic E-state index is -2.95. The van der Waals surface area contributed by atoms with Crippen LogP contribution in [0.2, 0.25) is 5.04 Å². The summed E-state index contributed by atoms with van der Waals surface area (Å²) < 4.78 is 27.0. The molecule has 1 spiro atoms. The van der Waals surface area contributed by atoms with Gasteiger partial charge in [0.15, 0.2) is 0 Å². The van der Waals surface area contributed by atoms with Crippen LogP contribution in [0.1, 0.15) is 34.6 Å². The number of rotatable bonds is 6. The fraction of sp³-hybridized carbons (Fsp3) is 0.333. The molecule has 4 aromatic rings. The number of carbonyl (C=O) groups is 1. The number of hydrogen-bond acceptors (Lipinski definition) is 6. The average molecular weight is 685 g/mol. The Morgan fingerprint density at radius 1 is 0.867 bits per heavy atom. The van der Waals surface area contributed by atoms with E-state index in [9.17, 15) is 4.79 Å². The summed E-state index contributed by atoms with van der Waals surface area (Å²) in [6.07, 6.45) is -2.29. The molecular formula is C36H37N2O5SeSi. The van der Waals surface area contributed by atoms with E-state index in [4.69, 9.17) is 23.6 Å². The van der Waals surface area contributed by atoms with Crippen molar-refractivity contribution in [1.29, 1.82) is 0 Å². The number of aliphatic imine (C=N–C) groups is 1. The Morgan fingerprint density at radius 3 is 2.11 bits per heavy atom. The van der Waals surface area contributed by atoms with Gasteiger partial charge in [0.05, 0.1) is 0 Å². The van der Waals surface area contributed by atoms with Crippen molar-refractivity contribution in [3.63, 3.8) is 0 Å². The van der Waals surface area contributed by atoms with Gasteiger partial charge in [-0.05, 0) is 0 Å². The first-order valence-electron chi connectivity index (χ1n) is 15.3. The monoisotopic (exact) mass is 685 g/mol. The van der Waals surface area contributed by atoms with Crippen LogP contribution in [0.3, 0.4) is 0 Å². The number of ether oxygens (including phenoxy) is 3. The minimum absolute atomic E-state index is 0.124. The van der Waals surface area contributed by atoms with Gasteiger partial charge in [-0.2, -0.15) is 0 Å². The van der Waals surface area contributed by atoms with Gasteiger partial charge in [-0.25, -0.2) is 0 Å². The summed E-state index contributed by atoms with van der Waals surface area (Å²) >= 11 is 3.07. The van der Waals surface area contributed by atoms with E-state index in [1.807, 2.05) is 68.4 Å². The fourth-order valence-corrected chi connectivity index (χ4v) is 12.5. The van der Waals surface area contributed by atoms with E-state index in [2.05, 4.69) is 85.3 Å². The molecule has 2 fully saturated rings. The third-order valence-electron chi connectivity index (χ3n) is 9.17. The second-order valence-electron chi connectivity index (χ2n) is 13.4. The molecule has 1 radical (unpaired) electrons. The molecule has 9 heteroatoms. The maximum absolute atomic E-state index is 14.9. The molecule has 7 nitrogen and oxygen atoms in total. The van der Waals surface area contributed by atoms with Crippen molar-refractivity contribution >= 4 is 61.8 Å². The molecule has 45 heavy (non-hydrogen) atoms. The van der Waals surface area contributed by atoms with Gasteiger partial charge in [0, 0.05) is 0 Å². The SMILES string of the molecule is CC1(C)O[C@@H]2O[C@H](CO[Si](c3ccccc3)(c3ccccc3)C(C)(C)C)[C@]3(N=C([Se])N(c4cccc5ccccc45)C3=O)[C@@H]2O1. The van der Waals surface area contributed by atoms with E-state index in [-0.39, 0.29) is 17.6 Å². The van der Waals surface area contributed by atoms with E-state index in [0.29, 0.717) is 4.73 Å². The predicted molar refractivity (Wildman–Crippen MR) is 180 cm³/mol. The van der Waals surface area contributed by atoms with Crippen molar-refractivity contribution in [1.82, 2.24) is 0 Å².